The molecule has 1 fully saturated rings. The summed E-state index contributed by atoms with van der Waals surface area (Å²) in [6.07, 6.45) is 4.45. The Bertz CT molecular complexity index is 595. The third kappa shape index (κ3) is 3.42. The van der Waals surface area contributed by atoms with Crippen molar-refractivity contribution in [3.63, 3.8) is 0 Å². The van der Waals surface area contributed by atoms with Crippen molar-refractivity contribution < 1.29 is 19.2 Å². The van der Waals surface area contributed by atoms with E-state index in [0.717, 1.165) is 15.6 Å². The van der Waals surface area contributed by atoms with Gasteiger partial charge in [-0.2, -0.15) is 0 Å². The van der Waals surface area contributed by atoms with Crippen LogP contribution in [0.1, 0.15) is 12.0 Å². The summed E-state index contributed by atoms with van der Waals surface area (Å²) in [6, 6.07) is 9.11. The molecule has 1 radical (unpaired) electrons. The highest BCUT2D eigenvalue weighted by atomic mass is 16.2. The first-order valence-corrected chi connectivity index (χ1v) is 6.37. The van der Waals surface area contributed by atoms with Crippen molar-refractivity contribution in [3.05, 3.63) is 42.0 Å². The first-order valence-electron chi connectivity index (χ1n) is 6.37. The monoisotopic (exact) mass is 285 g/mol. The second kappa shape index (κ2) is 6.60. The Balaban J connectivity index is 2.13. The summed E-state index contributed by atoms with van der Waals surface area (Å²) < 4.78 is 0. The SMILES string of the molecule is O=[C]CN(C(=O)C=Cc1ccccc1)N1CCC(=O)C1=O. The molecule has 0 saturated carbocycles. The van der Waals surface area contributed by atoms with E-state index >= 15 is 0 Å². The average molecular weight is 285 g/mol. The molecule has 0 aliphatic carbocycles. The topological polar surface area (TPSA) is 74.8 Å². The molecule has 107 valence electrons. The number of hydrogen-bond donors (Lipinski definition) is 0. The Morgan fingerprint density at radius 1 is 1.29 bits per heavy atom. The van der Waals surface area contributed by atoms with E-state index in [-0.39, 0.29) is 13.0 Å². The molecule has 0 aromatic heterocycles. The maximum atomic E-state index is 12.1. The number of hydrogen-bond acceptors (Lipinski definition) is 4. The maximum absolute atomic E-state index is 12.1. The lowest BCUT2D eigenvalue weighted by Gasteiger charge is -2.27. The zero-order valence-electron chi connectivity index (χ0n) is 11.2. The molecule has 0 atom stereocenters. The van der Waals surface area contributed by atoms with Crippen LogP contribution in [0.25, 0.3) is 6.08 Å². The maximum Gasteiger partial charge on any atom is 0.308 e. The minimum absolute atomic E-state index is 0.0455. The molecule has 2 rings (SSSR count). The van der Waals surface area contributed by atoms with Gasteiger partial charge < -0.3 is 0 Å². The van der Waals surface area contributed by atoms with Crippen LogP contribution in [0, 0.1) is 0 Å². The van der Waals surface area contributed by atoms with E-state index in [1.165, 1.54) is 6.08 Å². The van der Waals surface area contributed by atoms with Crippen LogP contribution in [0.5, 0.6) is 0 Å². The Morgan fingerprint density at radius 3 is 2.57 bits per heavy atom. The summed E-state index contributed by atoms with van der Waals surface area (Å²) in [5.41, 5.74) is 0.810. The lowest BCUT2D eigenvalue weighted by Crippen LogP contribution is -2.48. The Hall–Kier alpha value is -2.76. The molecule has 0 bridgehead atoms. The highest BCUT2D eigenvalue weighted by Crippen LogP contribution is 2.11. The highest BCUT2D eigenvalue weighted by molar-refractivity contribution is 6.38. The molecule has 1 saturated heterocycles. The smallest absolute Gasteiger partial charge is 0.289 e. The van der Waals surface area contributed by atoms with Crippen molar-refractivity contribution in [1.82, 2.24) is 10.0 Å². The predicted octanol–water partition coefficient (Wildman–Crippen LogP) is 0.355. The fourth-order valence-electron chi connectivity index (χ4n) is 1.95. The van der Waals surface area contributed by atoms with Gasteiger partial charge >= 0.3 is 5.91 Å². The first kappa shape index (κ1) is 14.6. The minimum atomic E-state index is -0.772. The third-order valence-corrected chi connectivity index (χ3v) is 3.00. The summed E-state index contributed by atoms with van der Waals surface area (Å²) in [7, 11) is 0. The van der Waals surface area contributed by atoms with Crippen molar-refractivity contribution in [3.8, 4) is 0 Å². The Labute approximate surface area is 121 Å². The van der Waals surface area contributed by atoms with Crippen molar-refractivity contribution in [1.29, 1.82) is 0 Å². The third-order valence-electron chi connectivity index (χ3n) is 3.00. The second-order valence-electron chi connectivity index (χ2n) is 4.39. The fourth-order valence-corrected chi connectivity index (χ4v) is 1.95. The van der Waals surface area contributed by atoms with Crippen LogP contribution >= 0.6 is 0 Å². The second-order valence-corrected chi connectivity index (χ2v) is 4.39. The van der Waals surface area contributed by atoms with Crippen molar-refractivity contribution in [2.75, 3.05) is 13.1 Å². The van der Waals surface area contributed by atoms with Gasteiger partial charge in [0.1, 0.15) is 6.54 Å². The van der Waals surface area contributed by atoms with Crippen molar-refractivity contribution >= 4 is 30.0 Å². The molecule has 1 aromatic rings. The number of carbonyl (C=O) groups is 3. The first-order chi connectivity index (χ1) is 10.1. The van der Waals surface area contributed by atoms with Crippen LogP contribution in [0.3, 0.4) is 0 Å². The Kier molecular flexibility index (Phi) is 4.61. The standard InChI is InChI=1S/C15H13N2O4/c18-11-10-16(17-9-8-13(19)15(17)21)14(20)7-6-12-4-2-1-3-5-12/h1-7H,8-10H2. The molecule has 2 amide bonds. The summed E-state index contributed by atoms with van der Waals surface area (Å²) in [4.78, 5) is 45.6. The average Bonchev–Trinajstić information content (AvgIpc) is 2.83. The molecular formula is C15H13N2O4. The number of carbonyl (C=O) groups excluding carboxylic acids is 4. The molecule has 0 unspecified atom stereocenters. The van der Waals surface area contributed by atoms with E-state index in [4.69, 9.17) is 0 Å². The normalized spacial score (nSPS) is 14.8. The predicted molar refractivity (Wildman–Crippen MR) is 74.2 cm³/mol. The number of benzene rings is 1. The van der Waals surface area contributed by atoms with Gasteiger partial charge in [0, 0.05) is 12.5 Å². The summed E-state index contributed by atoms with van der Waals surface area (Å²) >= 11 is 0. The quantitative estimate of drug-likeness (QED) is 0.578. The van der Waals surface area contributed by atoms with E-state index in [1.807, 2.05) is 30.3 Å². The van der Waals surface area contributed by atoms with Crippen LogP contribution in [-0.4, -0.2) is 47.0 Å². The van der Waals surface area contributed by atoms with Gasteiger partial charge in [-0.3, -0.25) is 19.2 Å². The van der Waals surface area contributed by atoms with E-state index < -0.39 is 24.1 Å². The van der Waals surface area contributed by atoms with E-state index in [1.54, 1.807) is 12.4 Å². The highest BCUT2D eigenvalue weighted by Gasteiger charge is 2.35. The summed E-state index contributed by atoms with van der Waals surface area (Å²) in [5, 5.41) is 1.92. The van der Waals surface area contributed by atoms with Crippen LogP contribution in [0.2, 0.25) is 0 Å². The number of Topliss-reactive ketones (excluding diaryl/α,β-unsaturated/α-hetero) is 1. The van der Waals surface area contributed by atoms with Crippen molar-refractivity contribution in [2.45, 2.75) is 6.42 Å². The van der Waals surface area contributed by atoms with Crippen LogP contribution < -0.4 is 0 Å². The van der Waals surface area contributed by atoms with Crippen LogP contribution in [0.15, 0.2) is 36.4 Å². The number of amides is 2. The number of ketones is 1. The number of rotatable bonds is 5. The molecule has 1 aromatic carbocycles. The summed E-state index contributed by atoms with van der Waals surface area (Å²) in [5.74, 6) is -1.89. The van der Waals surface area contributed by atoms with Gasteiger partial charge in [0.2, 0.25) is 12.1 Å². The molecule has 6 nitrogen and oxygen atoms in total. The lowest BCUT2D eigenvalue weighted by atomic mass is 10.2. The lowest BCUT2D eigenvalue weighted by molar-refractivity contribution is -0.157. The van der Waals surface area contributed by atoms with Crippen molar-refractivity contribution in [2.24, 2.45) is 0 Å². The van der Waals surface area contributed by atoms with Gasteiger partial charge in [-0.05, 0) is 11.6 Å². The van der Waals surface area contributed by atoms with Crippen LogP contribution in [0.4, 0.5) is 0 Å². The van der Waals surface area contributed by atoms with Gasteiger partial charge in [-0.15, -0.1) is 0 Å². The molecule has 6 heteroatoms. The van der Waals surface area contributed by atoms with Crippen LogP contribution in [-0.2, 0) is 19.2 Å². The zero-order chi connectivity index (χ0) is 15.2. The van der Waals surface area contributed by atoms with Gasteiger partial charge in [0.25, 0.3) is 5.91 Å². The molecule has 0 spiro atoms. The Morgan fingerprint density at radius 2 is 2.00 bits per heavy atom. The number of nitrogens with zero attached hydrogens (tertiary/aromatic N) is 2. The fraction of sp³-hybridized carbons (Fsp3) is 0.200. The molecule has 1 aliphatic rings. The molecule has 21 heavy (non-hydrogen) atoms. The van der Waals surface area contributed by atoms with E-state index in [9.17, 15) is 19.2 Å². The largest absolute Gasteiger partial charge is 0.308 e. The number of hydrazine groups is 1. The molecular weight excluding hydrogens is 272 g/mol. The van der Waals surface area contributed by atoms with Gasteiger partial charge in [-0.1, -0.05) is 30.3 Å². The molecule has 0 N–H and O–H groups in total. The van der Waals surface area contributed by atoms with Gasteiger partial charge in [0.15, 0.2) is 0 Å². The zero-order valence-corrected chi connectivity index (χ0v) is 11.2. The molecule has 1 aliphatic heterocycles. The van der Waals surface area contributed by atoms with Gasteiger partial charge in [-0.25, -0.2) is 10.0 Å². The van der Waals surface area contributed by atoms with Gasteiger partial charge in [0.05, 0.1) is 6.54 Å². The van der Waals surface area contributed by atoms with E-state index in [0.29, 0.717) is 0 Å². The minimum Gasteiger partial charge on any atom is -0.289 e. The summed E-state index contributed by atoms with van der Waals surface area (Å²) in [6.45, 7) is -0.290. The van der Waals surface area contributed by atoms with E-state index in [2.05, 4.69) is 0 Å². The molecule has 1 heterocycles.